The Morgan fingerprint density at radius 2 is 1.76 bits per heavy atom. The molecule has 1 aromatic heterocycles. The lowest BCUT2D eigenvalue weighted by atomic mass is 10.1. The van der Waals surface area contributed by atoms with Crippen molar-refractivity contribution in [1.29, 1.82) is 0 Å². The molecule has 1 amide bonds. The molecule has 0 spiro atoms. The lowest BCUT2D eigenvalue weighted by Gasteiger charge is -2.08. The number of pyridine rings is 1. The number of amides is 1. The van der Waals surface area contributed by atoms with Crippen LogP contribution in [0.15, 0.2) is 47.3 Å². The maximum Gasteiger partial charge on any atom is 0.251 e. The van der Waals surface area contributed by atoms with E-state index in [1.807, 2.05) is 50.2 Å². The second-order valence-corrected chi connectivity index (χ2v) is 6.51. The van der Waals surface area contributed by atoms with Crippen molar-refractivity contribution in [2.45, 2.75) is 27.2 Å². The van der Waals surface area contributed by atoms with Gasteiger partial charge in [0.1, 0.15) is 0 Å². The van der Waals surface area contributed by atoms with Gasteiger partial charge in [-0.2, -0.15) is 0 Å². The molecule has 4 heteroatoms. The van der Waals surface area contributed by atoms with Crippen LogP contribution in [0, 0.1) is 20.8 Å². The normalized spacial score (nSPS) is 10.8. The van der Waals surface area contributed by atoms with Crippen LogP contribution in [0.4, 0.5) is 0 Å². The third-order valence-corrected chi connectivity index (χ3v) is 4.56. The van der Waals surface area contributed by atoms with Crippen LogP contribution in [0.3, 0.4) is 0 Å². The fraction of sp³-hybridized carbons (Fsp3) is 0.238. The van der Waals surface area contributed by atoms with Gasteiger partial charge in [0.2, 0.25) is 0 Å². The van der Waals surface area contributed by atoms with Crippen molar-refractivity contribution in [1.82, 2.24) is 10.3 Å². The lowest BCUT2D eigenvalue weighted by Crippen LogP contribution is -2.25. The SMILES string of the molecule is Cc1ccc(C(=O)NCCc2ccc3[nH]c(=O)c(C)cc3c2)cc1C. The molecule has 0 aliphatic rings. The number of benzene rings is 2. The Kier molecular flexibility index (Phi) is 4.70. The van der Waals surface area contributed by atoms with Gasteiger partial charge in [-0.05, 0) is 79.6 Å². The van der Waals surface area contributed by atoms with Crippen LogP contribution in [0.25, 0.3) is 10.9 Å². The van der Waals surface area contributed by atoms with Crippen molar-refractivity contribution in [3.05, 3.63) is 80.6 Å². The molecule has 0 atom stereocenters. The minimum atomic E-state index is -0.0547. The Balaban J connectivity index is 1.66. The molecule has 3 aromatic rings. The van der Waals surface area contributed by atoms with Crippen molar-refractivity contribution < 1.29 is 4.79 Å². The summed E-state index contributed by atoms with van der Waals surface area (Å²) in [6.07, 6.45) is 0.741. The summed E-state index contributed by atoms with van der Waals surface area (Å²) in [5.41, 5.74) is 5.59. The molecule has 4 nitrogen and oxygen atoms in total. The topological polar surface area (TPSA) is 62.0 Å². The van der Waals surface area contributed by atoms with E-state index >= 15 is 0 Å². The second kappa shape index (κ2) is 6.93. The average molecular weight is 334 g/mol. The number of aryl methyl sites for hydroxylation is 3. The summed E-state index contributed by atoms with van der Waals surface area (Å²) in [6.45, 7) is 6.41. The van der Waals surface area contributed by atoms with E-state index in [4.69, 9.17) is 0 Å². The number of hydrogen-bond donors (Lipinski definition) is 2. The van der Waals surface area contributed by atoms with Crippen LogP contribution in [-0.2, 0) is 6.42 Å². The summed E-state index contributed by atoms with van der Waals surface area (Å²) in [6, 6.07) is 13.6. The molecular formula is C21H22N2O2. The van der Waals surface area contributed by atoms with Crippen molar-refractivity contribution in [2.24, 2.45) is 0 Å². The standard InChI is InChI=1S/C21H22N2O2/c1-13-4-6-17(10-14(13)2)21(25)22-9-8-16-5-7-19-18(12-16)11-15(3)20(24)23-19/h4-7,10-12H,8-9H2,1-3H3,(H,22,25)(H,23,24). The molecule has 128 valence electrons. The Morgan fingerprint density at radius 3 is 2.52 bits per heavy atom. The molecule has 0 fully saturated rings. The maximum atomic E-state index is 12.2. The van der Waals surface area contributed by atoms with E-state index in [0.29, 0.717) is 17.7 Å². The molecule has 2 aromatic carbocycles. The summed E-state index contributed by atoms with van der Waals surface area (Å²) in [5, 5.41) is 3.98. The summed E-state index contributed by atoms with van der Waals surface area (Å²) >= 11 is 0. The van der Waals surface area contributed by atoms with E-state index < -0.39 is 0 Å². The molecule has 0 saturated carbocycles. The Labute approximate surface area is 146 Å². The number of rotatable bonds is 4. The molecule has 0 radical (unpaired) electrons. The van der Waals surface area contributed by atoms with Gasteiger partial charge in [-0.1, -0.05) is 12.1 Å². The molecule has 0 aliphatic heterocycles. The first-order valence-electron chi connectivity index (χ1n) is 8.42. The zero-order valence-corrected chi connectivity index (χ0v) is 14.8. The molecular weight excluding hydrogens is 312 g/mol. The van der Waals surface area contributed by atoms with Gasteiger partial charge >= 0.3 is 0 Å². The number of nitrogens with one attached hydrogen (secondary N) is 2. The van der Waals surface area contributed by atoms with Gasteiger partial charge in [0.25, 0.3) is 11.5 Å². The predicted molar refractivity (Wildman–Crippen MR) is 101 cm³/mol. The number of aromatic amines is 1. The predicted octanol–water partition coefficient (Wildman–Crippen LogP) is 3.43. The number of hydrogen-bond acceptors (Lipinski definition) is 2. The van der Waals surface area contributed by atoms with Gasteiger partial charge in [0.05, 0.1) is 0 Å². The van der Waals surface area contributed by atoms with E-state index in [2.05, 4.69) is 16.4 Å². The van der Waals surface area contributed by atoms with Crippen LogP contribution >= 0.6 is 0 Å². The van der Waals surface area contributed by atoms with Crippen LogP contribution in [0.2, 0.25) is 0 Å². The molecule has 0 aliphatic carbocycles. The van der Waals surface area contributed by atoms with Crippen LogP contribution < -0.4 is 10.9 Å². The van der Waals surface area contributed by atoms with E-state index in [1.165, 1.54) is 5.56 Å². The highest BCUT2D eigenvalue weighted by molar-refractivity contribution is 5.94. The maximum absolute atomic E-state index is 12.2. The van der Waals surface area contributed by atoms with Crippen molar-refractivity contribution in [3.63, 3.8) is 0 Å². The quantitative estimate of drug-likeness (QED) is 0.768. The second-order valence-electron chi connectivity index (χ2n) is 6.51. The van der Waals surface area contributed by atoms with Gasteiger partial charge in [-0.15, -0.1) is 0 Å². The van der Waals surface area contributed by atoms with E-state index in [0.717, 1.165) is 28.5 Å². The molecule has 0 unspecified atom stereocenters. The Morgan fingerprint density at radius 1 is 0.960 bits per heavy atom. The summed E-state index contributed by atoms with van der Waals surface area (Å²) in [4.78, 5) is 26.7. The Hall–Kier alpha value is -2.88. The van der Waals surface area contributed by atoms with Crippen molar-refractivity contribution in [2.75, 3.05) is 6.54 Å². The third-order valence-electron chi connectivity index (χ3n) is 4.56. The first-order chi connectivity index (χ1) is 11.9. The number of aromatic nitrogens is 1. The fourth-order valence-corrected chi connectivity index (χ4v) is 2.83. The first kappa shape index (κ1) is 17.0. The Bertz CT molecular complexity index is 1000. The molecule has 3 rings (SSSR count). The summed E-state index contributed by atoms with van der Waals surface area (Å²) < 4.78 is 0. The molecule has 2 N–H and O–H groups in total. The van der Waals surface area contributed by atoms with Gasteiger partial charge in [0, 0.05) is 23.2 Å². The van der Waals surface area contributed by atoms with Gasteiger partial charge in [-0.25, -0.2) is 0 Å². The molecule has 0 bridgehead atoms. The molecule has 0 saturated heterocycles. The van der Waals surface area contributed by atoms with Crippen LogP contribution in [0.1, 0.15) is 32.6 Å². The van der Waals surface area contributed by atoms with Gasteiger partial charge < -0.3 is 10.3 Å². The number of carbonyl (C=O) groups is 1. The first-order valence-corrected chi connectivity index (χ1v) is 8.42. The lowest BCUT2D eigenvalue weighted by molar-refractivity contribution is 0.0954. The minimum absolute atomic E-state index is 0.0518. The van der Waals surface area contributed by atoms with E-state index in [9.17, 15) is 9.59 Å². The van der Waals surface area contributed by atoms with Crippen molar-refractivity contribution in [3.8, 4) is 0 Å². The zero-order chi connectivity index (χ0) is 18.0. The molecule has 1 heterocycles. The van der Waals surface area contributed by atoms with Crippen LogP contribution in [0.5, 0.6) is 0 Å². The van der Waals surface area contributed by atoms with E-state index in [-0.39, 0.29) is 11.5 Å². The zero-order valence-electron chi connectivity index (χ0n) is 14.8. The highest BCUT2D eigenvalue weighted by Crippen LogP contribution is 2.14. The van der Waals surface area contributed by atoms with Gasteiger partial charge in [-0.3, -0.25) is 9.59 Å². The highest BCUT2D eigenvalue weighted by atomic mass is 16.1. The fourth-order valence-electron chi connectivity index (χ4n) is 2.83. The van der Waals surface area contributed by atoms with Crippen molar-refractivity contribution >= 4 is 16.8 Å². The number of carbonyl (C=O) groups excluding carboxylic acids is 1. The summed E-state index contributed by atoms with van der Waals surface area (Å²) in [7, 11) is 0. The average Bonchev–Trinajstić information content (AvgIpc) is 2.58. The largest absolute Gasteiger partial charge is 0.352 e. The monoisotopic (exact) mass is 334 g/mol. The van der Waals surface area contributed by atoms with Crippen LogP contribution in [-0.4, -0.2) is 17.4 Å². The number of H-pyrrole nitrogens is 1. The van der Waals surface area contributed by atoms with E-state index in [1.54, 1.807) is 6.92 Å². The number of fused-ring (bicyclic) bond motifs is 1. The van der Waals surface area contributed by atoms with Gasteiger partial charge in [0.15, 0.2) is 0 Å². The minimum Gasteiger partial charge on any atom is -0.352 e. The smallest absolute Gasteiger partial charge is 0.251 e. The summed E-state index contributed by atoms with van der Waals surface area (Å²) in [5.74, 6) is -0.0518. The highest BCUT2D eigenvalue weighted by Gasteiger charge is 2.06. The molecule has 25 heavy (non-hydrogen) atoms. The third kappa shape index (κ3) is 3.79.